The number of aryl methyl sites for hydroxylation is 1. The fourth-order valence-corrected chi connectivity index (χ4v) is 1.68. The highest BCUT2D eigenvalue weighted by Gasteiger charge is 2.15. The van der Waals surface area contributed by atoms with Gasteiger partial charge in [-0.2, -0.15) is 0 Å². The van der Waals surface area contributed by atoms with Gasteiger partial charge in [-0.05, 0) is 36.0 Å². The zero-order chi connectivity index (χ0) is 7.68. The molecule has 0 aromatic heterocycles. The number of aliphatic hydroxyl groups excluding tert-OH is 1. The van der Waals surface area contributed by atoms with Crippen LogP contribution in [0.5, 0.6) is 0 Å². The van der Waals surface area contributed by atoms with Crippen molar-refractivity contribution in [3.63, 3.8) is 0 Å². The first kappa shape index (κ1) is 6.86. The van der Waals surface area contributed by atoms with E-state index in [2.05, 4.69) is 18.2 Å². The second-order valence-electron chi connectivity index (χ2n) is 3.03. The Morgan fingerprint density at radius 1 is 1.27 bits per heavy atom. The predicted molar refractivity (Wildman–Crippen MR) is 44.6 cm³/mol. The minimum Gasteiger partial charge on any atom is -0.396 e. The molecule has 58 valence electrons. The van der Waals surface area contributed by atoms with Gasteiger partial charge in [0.25, 0.3) is 0 Å². The van der Waals surface area contributed by atoms with Crippen LogP contribution in [0.25, 0.3) is 0 Å². The number of hydrogen-bond donors (Lipinski definition) is 1. The Morgan fingerprint density at radius 3 is 2.82 bits per heavy atom. The van der Waals surface area contributed by atoms with Crippen molar-refractivity contribution in [2.75, 3.05) is 6.61 Å². The van der Waals surface area contributed by atoms with Gasteiger partial charge in [-0.3, -0.25) is 0 Å². The summed E-state index contributed by atoms with van der Waals surface area (Å²) in [5.41, 5.74) is 4.31. The number of hydrogen-bond acceptors (Lipinski definition) is 1. The van der Waals surface area contributed by atoms with E-state index >= 15 is 0 Å². The van der Waals surface area contributed by atoms with E-state index in [1.54, 1.807) is 0 Å². The van der Waals surface area contributed by atoms with Crippen molar-refractivity contribution in [2.24, 2.45) is 0 Å². The van der Waals surface area contributed by atoms with Crippen molar-refractivity contribution < 1.29 is 5.11 Å². The van der Waals surface area contributed by atoms with Crippen molar-refractivity contribution in [3.8, 4) is 0 Å². The third-order valence-corrected chi connectivity index (χ3v) is 2.40. The van der Waals surface area contributed by atoms with Crippen LogP contribution in [0, 0.1) is 0 Å². The highest BCUT2D eigenvalue weighted by atomic mass is 16.2. The standard InChI is InChI=1S/C10H12O/c11-7-6-9-3-1-2-8-4-5-10(8)9/h1-3,11H,4-7H2. The monoisotopic (exact) mass is 148 g/mol. The molecule has 0 spiro atoms. The zero-order valence-corrected chi connectivity index (χ0v) is 6.51. The van der Waals surface area contributed by atoms with Crippen LogP contribution in [-0.4, -0.2) is 11.7 Å². The van der Waals surface area contributed by atoms with Gasteiger partial charge in [0, 0.05) is 6.61 Å². The van der Waals surface area contributed by atoms with E-state index in [1.165, 1.54) is 29.5 Å². The Labute approximate surface area is 66.7 Å². The van der Waals surface area contributed by atoms with Crippen LogP contribution in [0.3, 0.4) is 0 Å². The maximum absolute atomic E-state index is 8.76. The van der Waals surface area contributed by atoms with Crippen LogP contribution in [0.2, 0.25) is 0 Å². The Morgan fingerprint density at radius 2 is 2.18 bits per heavy atom. The molecule has 1 aliphatic rings. The summed E-state index contributed by atoms with van der Waals surface area (Å²) in [6.45, 7) is 0.274. The number of benzene rings is 1. The molecule has 0 saturated carbocycles. The van der Waals surface area contributed by atoms with Crippen LogP contribution in [-0.2, 0) is 19.3 Å². The summed E-state index contributed by atoms with van der Waals surface area (Å²) in [4.78, 5) is 0. The lowest BCUT2D eigenvalue weighted by Gasteiger charge is -2.21. The van der Waals surface area contributed by atoms with E-state index in [0.717, 1.165) is 6.42 Å². The van der Waals surface area contributed by atoms with Gasteiger partial charge in [0.1, 0.15) is 0 Å². The average molecular weight is 148 g/mol. The van der Waals surface area contributed by atoms with Crippen molar-refractivity contribution in [1.82, 2.24) is 0 Å². The molecule has 11 heavy (non-hydrogen) atoms. The maximum Gasteiger partial charge on any atom is 0.0471 e. The smallest absolute Gasteiger partial charge is 0.0471 e. The molecule has 0 atom stereocenters. The third-order valence-electron chi connectivity index (χ3n) is 2.40. The molecule has 0 radical (unpaired) electrons. The zero-order valence-electron chi connectivity index (χ0n) is 6.51. The first-order valence-electron chi connectivity index (χ1n) is 4.12. The molecule has 2 rings (SSSR count). The van der Waals surface area contributed by atoms with Gasteiger partial charge in [-0.1, -0.05) is 18.2 Å². The average Bonchev–Trinajstić information content (AvgIpc) is 1.94. The maximum atomic E-state index is 8.76. The lowest BCUT2D eigenvalue weighted by atomic mass is 9.84. The lowest BCUT2D eigenvalue weighted by molar-refractivity contribution is 0.299. The van der Waals surface area contributed by atoms with E-state index in [9.17, 15) is 0 Å². The summed E-state index contributed by atoms with van der Waals surface area (Å²) < 4.78 is 0. The summed E-state index contributed by atoms with van der Waals surface area (Å²) >= 11 is 0. The van der Waals surface area contributed by atoms with Gasteiger partial charge in [-0.25, -0.2) is 0 Å². The summed E-state index contributed by atoms with van der Waals surface area (Å²) in [6, 6.07) is 6.39. The van der Waals surface area contributed by atoms with E-state index < -0.39 is 0 Å². The van der Waals surface area contributed by atoms with Gasteiger partial charge in [0.05, 0.1) is 0 Å². The van der Waals surface area contributed by atoms with Crippen LogP contribution < -0.4 is 0 Å². The van der Waals surface area contributed by atoms with Gasteiger partial charge < -0.3 is 5.11 Å². The first-order valence-corrected chi connectivity index (χ1v) is 4.12. The lowest BCUT2D eigenvalue weighted by Crippen LogP contribution is -2.12. The van der Waals surface area contributed by atoms with Gasteiger partial charge >= 0.3 is 0 Å². The third kappa shape index (κ3) is 1.05. The molecule has 0 fully saturated rings. The highest BCUT2D eigenvalue weighted by molar-refractivity contribution is 5.41. The van der Waals surface area contributed by atoms with E-state index in [4.69, 9.17) is 5.11 Å². The molecule has 0 aliphatic heterocycles. The topological polar surface area (TPSA) is 20.2 Å². The predicted octanol–water partition coefficient (Wildman–Crippen LogP) is 1.32. The number of aliphatic hydroxyl groups is 1. The van der Waals surface area contributed by atoms with Crippen LogP contribution in [0.15, 0.2) is 18.2 Å². The molecular weight excluding hydrogens is 136 g/mol. The van der Waals surface area contributed by atoms with Crippen molar-refractivity contribution in [2.45, 2.75) is 19.3 Å². The van der Waals surface area contributed by atoms with E-state index in [1.807, 2.05) is 0 Å². The van der Waals surface area contributed by atoms with Crippen molar-refractivity contribution in [3.05, 3.63) is 34.9 Å². The Hall–Kier alpha value is -0.820. The molecule has 1 nitrogen and oxygen atoms in total. The normalized spacial score (nSPS) is 13.9. The molecule has 1 N–H and O–H groups in total. The van der Waals surface area contributed by atoms with Crippen molar-refractivity contribution in [1.29, 1.82) is 0 Å². The second kappa shape index (κ2) is 2.67. The molecule has 1 aromatic rings. The Balaban J connectivity index is 2.33. The summed E-state index contributed by atoms with van der Waals surface area (Å²) in [5.74, 6) is 0. The Bertz CT molecular complexity index is 266. The van der Waals surface area contributed by atoms with Crippen LogP contribution in [0.1, 0.15) is 16.7 Å². The Kier molecular flexibility index (Phi) is 1.66. The molecule has 0 heterocycles. The number of fused-ring (bicyclic) bond motifs is 1. The highest BCUT2D eigenvalue weighted by Crippen LogP contribution is 2.26. The summed E-state index contributed by atoms with van der Waals surface area (Å²) in [5, 5.41) is 8.76. The van der Waals surface area contributed by atoms with Crippen LogP contribution in [0.4, 0.5) is 0 Å². The van der Waals surface area contributed by atoms with E-state index in [-0.39, 0.29) is 6.61 Å². The molecule has 1 aromatic carbocycles. The second-order valence-corrected chi connectivity index (χ2v) is 3.03. The molecule has 1 heteroatoms. The van der Waals surface area contributed by atoms with Gasteiger partial charge in [0.15, 0.2) is 0 Å². The molecule has 1 aliphatic carbocycles. The minimum absolute atomic E-state index is 0.274. The first-order chi connectivity index (χ1) is 5.42. The molecule has 0 bridgehead atoms. The number of rotatable bonds is 2. The van der Waals surface area contributed by atoms with Crippen molar-refractivity contribution >= 4 is 0 Å². The van der Waals surface area contributed by atoms with Gasteiger partial charge in [0.2, 0.25) is 0 Å². The fraction of sp³-hybridized carbons (Fsp3) is 0.400. The largest absolute Gasteiger partial charge is 0.396 e. The molecule has 0 amide bonds. The quantitative estimate of drug-likeness (QED) is 0.670. The summed E-state index contributed by atoms with van der Waals surface area (Å²) in [6.07, 6.45) is 3.27. The minimum atomic E-state index is 0.274. The van der Waals surface area contributed by atoms with Crippen LogP contribution >= 0.6 is 0 Å². The fourth-order valence-electron chi connectivity index (χ4n) is 1.68. The van der Waals surface area contributed by atoms with Gasteiger partial charge in [-0.15, -0.1) is 0 Å². The summed E-state index contributed by atoms with van der Waals surface area (Å²) in [7, 11) is 0. The van der Waals surface area contributed by atoms with E-state index in [0.29, 0.717) is 0 Å². The molecule has 0 saturated heterocycles. The molecule has 0 unspecified atom stereocenters. The molecular formula is C10H12O. The SMILES string of the molecule is OCCc1cccc2c1CC2.